The van der Waals surface area contributed by atoms with Crippen LogP contribution in [0.25, 0.3) is 0 Å². The van der Waals surface area contributed by atoms with Crippen molar-refractivity contribution in [1.82, 2.24) is 9.97 Å². The van der Waals surface area contributed by atoms with E-state index in [0.29, 0.717) is 18.6 Å². The summed E-state index contributed by atoms with van der Waals surface area (Å²) in [5.41, 5.74) is -0.105. The van der Waals surface area contributed by atoms with Crippen molar-refractivity contribution >= 4 is 5.97 Å². The van der Waals surface area contributed by atoms with E-state index in [1.54, 1.807) is 30.3 Å². The summed E-state index contributed by atoms with van der Waals surface area (Å²) < 4.78 is 38.5. The molecular weight excluding hydrogens is 306 g/mol. The molecule has 2 aromatic rings. The third-order valence-corrected chi connectivity index (χ3v) is 3.51. The smallest absolute Gasteiger partial charge is 0.345 e. The van der Waals surface area contributed by atoms with E-state index >= 15 is 0 Å². The van der Waals surface area contributed by atoms with Crippen molar-refractivity contribution < 1.29 is 23.0 Å². The van der Waals surface area contributed by atoms with Crippen molar-refractivity contribution in [3.63, 3.8) is 0 Å². The molecule has 0 radical (unpaired) electrons. The van der Waals surface area contributed by atoms with Gasteiger partial charge in [-0.25, -0.2) is 9.78 Å². The van der Waals surface area contributed by atoms with Crippen molar-refractivity contribution in [2.24, 2.45) is 5.92 Å². The number of nitrogens with zero attached hydrogens (tertiary/aromatic N) is 2. The number of benzene rings is 1. The minimum atomic E-state index is -3.14. The minimum Gasteiger partial charge on any atom is -0.465 e. The summed E-state index contributed by atoms with van der Waals surface area (Å²) in [5.74, 6) is -5.15. The summed E-state index contributed by atoms with van der Waals surface area (Å²) >= 11 is 0. The number of carbonyl (C=O) groups is 1. The zero-order valence-electron chi connectivity index (χ0n) is 12.3. The molecule has 1 heterocycles. The summed E-state index contributed by atoms with van der Waals surface area (Å²) in [6.07, 6.45) is 1.89. The van der Waals surface area contributed by atoms with Crippen molar-refractivity contribution in [2.45, 2.75) is 18.8 Å². The van der Waals surface area contributed by atoms with Gasteiger partial charge in [0.05, 0.1) is 7.11 Å². The highest BCUT2D eigenvalue weighted by molar-refractivity contribution is 5.91. The number of hydrogen-bond donors (Lipinski definition) is 0. The highest BCUT2D eigenvalue weighted by atomic mass is 19.3. The van der Waals surface area contributed by atoms with Crippen molar-refractivity contribution in [3.8, 4) is 11.6 Å². The SMILES string of the molecule is COC(=O)c1cnc(C(F)(F)C2CC2)nc1Oc1ccccc1. The second kappa shape index (κ2) is 5.91. The van der Waals surface area contributed by atoms with Gasteiger partial charge in [-0.15, -0.1) is 0 Å². The average Bonchev–Trinajstić information content (AvgIpc) is 3.40. The summed E-state index contributed by atoms with van der Waals surface area (Å²) in [7, 11) is 1.18. The lowest BCUT2D eigenvalue weighted by Crippen LogP contribution is -2.21. The van der Waals surface area contributed by atoms with E-state index in [2.05, 4.69) is 14.7 Å². The number of carbonyl (C=O) groups excluding carboxylic acids is 1. The van der Waals surface area contributed by atoms with Crippen LogP contribution in [-0.2, 0) is 10.7 Å². The van der Waals surface area contributed by atoms with Gasteiger partial charge in [0.25, 0.3) is 0 Å². The van der Waals surface area contributed by atoms with Gasteiger partial charge in [-0.3, -0.25) is 0 Å². The fraction of sp³-hybridized carbons (Fsp3) is 0.312. The van der Waals surface area contributed by atoms with Crippen LogP contribution in [0.5, 0.6) is 11.6 Å². The lowest BCUT2D eigenvalue weighted by atomic mass is 10.2. The normalized spacial score (nSPS) is 14.4. The molecule has 0 saturated heterocycles. The minimum absolute atomic E-state index is 0.105. The number of aromatic nitrogens is 2. The Kier molecular flexibility index (Phi) is 3.94. The van der Waals surface area contributed by atoms with Crippen LogP contribution < -0.4 is 4.74 Å². The Hall–Kier alpha value is -2.57. The van der Waals surface area contributed by atoms with Gasteiger partial charge in [0.1, 0.15) is 11.3 Å². The Bertz CT molecular complexity index is 719. The maximum Gasteiger partial charge on any atom is 0.345 e. The maximum absolute atomic E-state index is 14.2. The number of alkyl halides is 2. The molecule has 1 fully saturated rings. The quantitative estimate of drug-likeness (QED) is 0.788. The Morgan fingerprint density at radius 2 is 1.96 bits per heavy atom. The molecule has 1 aromatic heterocycles. The summed E-state index contributed by atoms with van der Waals surface area (Å²) in [6.45, 7) is 0. The van der Waals surface area contributed by atoms with E-state index in [-0.39, 0.29) is 11.4 Å². The van der Waals surface area contributed by atoms with Gasteiger partial charge in [0.15, 0.2) is 0 Å². The second-order valence-electron chi connectivity index (χ2n) is 5.22. The fourth-order valence-electron chi connectivity index (χ4n) is 2.08. The fourth-order valence-corrected chi connectivity index (χ4v) is 2.08. The molecule has 3 rings (SSSR count). The summed E-state index contributed by atoms with van der Waals surface area (Å²) in [4.78, 5) is 19.2. The Labute approximate surface area is 131 Å². The van der Waals surface area contributed by atoms with Gasteiger partial charge in [0, 0.05) is 12.1 Å². The van der Waals surface area contributed by atoms with Gasteiger partial charge in [-0.2, -0.15) is 13.8 Å². The highest BCUT2D eigenvalue weighted by Gasteiger charge is 2.50. The number of hydrogen-bond acceptors (Lipinski definition) is 5. The number of methoxy groups -OCH3 is 1. The van der Waals surface area contributed by atoms with E-state index in [4.69, 9.17) is 4.74 Å². The monoisotopic (exact) mass is 320 g/mol. The van der Waals surface area contributed by atoms with Crippen LogP contribution in [0.4, 0.5) is 8.78 Å². The molecule has 0 N–H and O–H groups in total. The average molecular weight is 320 g/mol. The third-order valence-electron chi connectivity index (χ3n) is 3.51. The van der Waals surface area contributed by atoms with Gasteiger partial charge in [-0.1, -0.05) is 18.2 Å². The number of esters is 1. The molecular formula is C16H14F2N2O3. The molecule has 1 aliphatic rings. The van der Waals surface area contributed by atoms with Gasteiger partial charge in [0.2, 0.25) is 11.7 Å². The first-order valence-corrected chi connectivity index (χ1v) is 7.09. The van der Waals surface area contributed by atoms with E-state index in [1.807, 2.05) is 0 Å². The first-order valence-electron chi connectivity index (χ1n) is 7.09. The lowest BCUT2D eigenvalue weighted by Gasteiger charge is -2.16. The van der Waals surface area contributed by atoms with Crippen LogP contribution >= 0.6 is 0 Å². The predicted octanol–water partition coefficient (Wildman–Crippen LogP) is 3.56. The maximum atomic E-state index is 14.2. The first kappa shape index (κ1) is 15.3. The van der Waals surface area contributed by atoms with E-state index in [9.17, 15) is 13.6 Å². The zero-order valence-corrected chi connectivity index (χ0v) is 12.3. The third kappa shape index (κ3) is 3.13. The Balaban J connectivity index is 2.00. The molecule has 1 aromatic carbocycles. The molecule has 0 spiro atoms. The molecule has 7 heteroatoms. The molecule has 1 aliphatic carbocycles. The molecule has 23 heavy (non-hydrogen) atoms. The summed E-state index contributed by atoms with van der Waals surface area (Å²) in [5, 5.41) is 0. The van der Waals surface area contributed by atoms with Crippen molar-refractivity contribution in [1.29, 1.82) is 0 Å². The molecule has 120 valence electrons. The Morgan fingerprint density at radius 3 is 2.57 bits per heavy atom. The highest BCUT2D eigenvalue weighted by Crippen LogP contribution is 2.48. The molecule has 0 amide bonds. The zero-order chi connectivity index (χ0) is 16.4. The van der Waals surface area contributed by atoms with Gasteiger partial charge in [-0.05, 0) is 25.0 Å². The van der Waals surface area contributed by atoms with Crippen LogP contribution in [-0.4, -0.2) is 23.0 Å². The van der Waals surface area contributed by atoms with E-state index < -0.39 is 23.6 Å². The number of para-hydroxylation sites is 1. The largest absolute Gasteiger partial charge is 0.465 e. The van der Waals surface area contributed by atoms with Crippen LogP contribution in [0.15, 0.2) is 36.5 Å². The van der Waals surface area contributed by atoms with Crippen molar-refractivity contribution in [2.75, 3.05) is 7.11 Å². The van der Waals surface area contributed by atoms with E-state index in [0.717, 1.165) is 6.20 Å². The van der Waals surface area contributed by atoms with Gasteiger partial charge >= 0.3 is 11.9 Å². The van der Waals surface area contributed by atoms with Crippen LogP contribution in [0.3, 0.4) is 0 Å². The van der Waals surface area contributed by atoms with E-state index in [1.165, 1.54) is 7.11 Å². The topological polar surface area (TPSA) is 61.3 Å². The molecule has 1 saturated carbocycles. The van der Waals surface area contributed by atoms with Crippen LogP contribution in [0, 0.1) is 5.92 Å². The second-order valence-corrected chi connectivity index (χ2v) is 5.22. The number of ether oxygens (including phenoxy) is 2. The molecule has 0 atom stereocenters. The summed E-state index contributed by atoms with van der Waals surface area (Å²) in [6, 6.07) is 8.46. The number of rotatable bonds is 5. The molecule has 0 unspecified atom stereocenters. The molecule has 5 nitrogen and oxygen atoms in total. The number of halogens is 2. The van der Waals surface area contributed by atoms with Crippen molar-refractivity contribution in [3.05, 3.63) is 47.9 Å². The van der Waals surface area contributed by atoms with Gasteiger partial charge < -0.3 is 9.47 Å². The lowest BCUT2D eigenvalue weighted by molar-refractivity contribution is -0.0379. The molecule has 0 aliphatic heterocycles. The standard InChI is InChI=1S/C16H14F2N2O3/c1-22-14(21)12-9-19-15(16(17,18)10-7-8-10)20-13(12)23-11-5-3-2-4-6-11/h2-6,9-10H,7-8H2,1H3. The Morgan fingerprint density at radius 1 is 1.26 bits per heavy atom. The molecule has 0 bridgehead atoms. The van der Waals surface area contributed by atoms with Crippen LogP contribution in [0.2, 0.25) is 0 Å². The van der Waals surface area contributed by atoms with Crippen LogP contribution in [0.1, 0.15) is 29.0 Å². The predicted molar refractivity (Wildman–Crippen MR) is 76.5 cm³/mol. The first-order chi connectivity index (χ1) is 11.0.